The van der Waals surface area contributed by atoms with E-state index < -0.39 is 9.84 Å². The zero-order valence-corrected chi connectivity index (χ0v) is 14.5. The SMILES string of the molecule is CS(=O)(=O)c1cccc(C(=O)N2CCCCCC2CBr)c1. The summed E-state index contributed by atoms with van der Waals surface area (Å²) < 4.78 is 23.3. The summed E-state index contributed by atoms with van der Waals surface area (Å²) in [5, 5.41) is 0.754. The maximum absolute atomic E-state index is 12.7. The highest BCUT2D eigenvalue weighted by Crippen LogP contribution is 2.22. The Morgan fingerprint density at radius 2 is 2.10 bits per heavy atom. The fraction of sp³-hybridized carbons (Fsp3) is 0.533. The number of amides is 1. The molecule has 0 saturated carbocycles. The Labute approximate surface area is 134 Å². The maximum atomic E-state index is 12.7. The van der Waals surface area contributed by atoms with Crippen molar-refractivity contribution in [2.24, 2.45) is 0 Å². The maximum Gasteiger partial charge on any atom is 0.254 e. The van der Waals surface area contributed by atoms with Crippen molar-refractivity contribution in [2.45, 2.75) is 36.6 Å². The highest BCUT2D eigenvalue weighted by molar-refractivity contribution is 9.09. The van der Waals surface area contributed by atoms with E-state index >= 15 is 0 Å². The molecule has 6 heteroatoms. The first-order valence-corrected chi connectivity index (χ1v) is 10.1. The minimum atomic E-state index is -3.30. The van der Waals surface area contributed by atoms with Gasteiger partial charge in [0.25, 0.3) is 5.91 Å². The molecule has 0 spiro atoms. The summed E-state index contributed by atoms with van der Waals surface area (Å²) in [6.07, 6.45) is 5.41. The first-order valence-electron chi connectivity index (χ1n) is 7.10. The van der Waals surface area contributed by atoms with Gasteiger partial charge in [-0.2, -0.15) is 0 Å². The third-order valence-corrected chi connectivity index (χ3v) is 5.68. The number of halogens is 1. The number of carbonyl (C=O) groups excluding carboxylic acids is 1. The second-order valence-corrected chi connectivity index (χ2v) is 8.12. The molecule has 1 fully saturated rings. The monoisotopic (exact) mass is 373 g/mol. The van der Waals surface area contributed by atoms with Crippen LogP contribution in [0.25, 0.3) is 0 Å². The second kappa shape index (κ2) is 6.92. The Morgan fingerprint density at radius 3 is 2.76 bits per heavy atom. The van der Waals surface area contributed by atoms with Gasteiger partial charge in [-0.1, -0.05) is 34.8 Å². The third-order valence-electron chi connectivity index (χ3n) is 3.83. The number of benzene rings is 1. The summed E-state index contributed by atoms with van der Waals surface area (Å²) in [6, 6.07) is 6.50. The van der Waals surface area contributed by atoms with Crippen LogP contribution in [0.4, 0.5) is 0 Å². The molecular weight excluding hydrogens is 354 g/mol. The van der Waals surface area contributed by atoms with Gasteiger partial charge in [0.1, 0.15) is 0 Å². The zero-order chi connectivity index (χ0) is 15.5. The minimum absolute atomic E-state index is 0.0770. The van der Waals surface area contributed by atoms with Gasteiger partial charge in [-0.05, 0) is 31.0 Å². The van der Waals surface area contributed by atoms with Crippen LogP contribution in [0.5, 0.6) is 0 Å². The summed E-state index contributed by atoms with van der Waals surface area (Å²) in [5.74, 6) is -0.0770. The highest BCUT2D eigenvalue weighted by atomic mass is 79.9. The van der Waals surface area contributed by atoms with E-state index in [9.17, 15) is 13.2 Å². The molecule has 116 valence electrons. The lowest BCUT2D eigenvalue weighted by Crippen LogP contribution is -2.41. The molecule has 1 unspecified atom stereocenters. The van der Waals surface area contributed by atoms with Crippen molar-refractivity contribution in [1.29, 1.82) is 0 Å². The van der Waals surface area contributed by atoms with Crippen LogP contribution >= 0.6 is 15.9 Å². The molecule has 1 aliphatic rings. The number of hydrogen-bond donors (Lipinski definition) is 0. The van der Waals surface area contributed by atoms with E-state index in [4.69, 9.17) is 0 Å². The lowest BCUT2D eigenvalue weighted by molar-refractivity contribution is 0.0702. The van der Waals surface area contributed by atoms with E-state index in [2.05, 4.69) is 15.9 Å². The van der Waals surface area contributed by atoms with Crippen LogP contribution in [0, 0.1) is 0 Å². The normalized spacial score (nSPS) is 20.1. The van der Waals surface area contributed by atoms with Crippen molar-refractivity contribution in [3.05, 3.63) is 29.8 Å². The number of alkyl halides is 1. The third kappa shape index (κ3) is 4.07. The summed E-state index contributed by atoms with van der Waals surface area (Å²) >= 11 is 3.48. The van der Waals surface area contributed by atoms with E-state index in [1.165, 1.54) is 12.1 Å². The molecule has 2 rings (SSSR count). The van der Waals surface area contributed by atoms with Gasteiger partial charge < -0.3 is 4.90 Å². The molecule has 1 atom stereocenters. The summed E-state index contributed by atoms with van der Waals surface area (Å²) in [5.41, 5.74) is 0.450. The van der Waals surface area contributed by atoms with Gasteiger partial charge in [0.2, 0.25) is 0 Å². The predicted octanol–water partition coefficient (Wildman–Crippen LogP) is 2.87. The van der Waals surface area contributed by atoms with Gasteiger partial charge in [0, 0.05) is 29.7 Å². The van der Waals surface area contributed by atoms with E-state index in [0.717, 1.165) is 43.8 Å². The fourth-order valence-electron chi connectivity index (χ4n) is 2.63. The molecule has 1 aliphatic heterocycles. The minimum Gasteiger partial charge on any atom is -0.335 e. The van der Waals surface area contributed by atoms with E-state index in [1.807, 2.05) is 4.90 Å². The van der Waals surface area contributed by atoms with Gasteiger partial charge in [-0.15, -0.1) is 0 Å². The standard InChI is InChI=1S/C15H20BrNO3S/c1-21(19,20)14-8-5-6-12(10-14)15(18)17-9-4-2-3-7-13(17)11-16/h5-6,8,10,13H,2-4,7,9,11H2,1H3. The Hall–Kier alpha value is -0.880. The molecule has 21 heavy (non-hydrogen) atoms. The molecule has 1 saturated heterocycles. The number of carbonyl (C=O) groups is 1. The quantitative estimate of drug-likeness (QED) is 0.765. The molecule has 0 bridgehead atoms. The van der Waals surface area contributed by atoms with Gasteiger partial charge in [0.05, 0.1) is 4.90 Å². The lowest BCUT2D eigenvalue weighted by Gasteiger charge is -2.29. The Morgan fingerprint density at radius 1 is 1.33 bits per heavy atom. The van der Waals surface area contributed by atoms with Crippen LogP contribution in [-0.2, 0) is 9.84 Å². The zero-order valence-electron chi connectivity index (χ0n) is 12.1. The number of nitrogens with zero attached hydrogens (tertiary/aromatic N) is 1. The number of sulfone groups is 1. The van der Waals surface area contributed by atoms with E-state index in [0.29, 0.717) is 5.56 Å². The largest absolute Gasteiger partial charge is 0.335 e. The molecule has 0 N–H and O–H groups in total. The second-order valence-electron chi connectivity index (χ2n) is 5.46. The highest BCUT2D eigenvalue weighted by Gasteiger charge is 2.26. The van der Waals surface area contributed by atoms with Crippen LogP contribution in [0.2, 0.25) is 0 Å². The van der Waals surface area contributed by atoms with Crippen molar-refractivity contribution in [3.8, 4) is 0 Å². The molecule has 0 aliphatic carbocycles. The Bertz CT molecular complexity index is 615. The van der Waals surface area contributed by atoms with Gasteiger partial charge in [0.15, 0.2) is 9.84 Å². The van der Waals surface area contributed by atoms with Crippen LogP contribution in [-0.4, -0.2) is 43.4 Å². The molecule has 1 aromatic carbocycles. The number of hydrogen-bond acceptors (Lipinski definition) is 3. The molecule has 1 heterocycles. The smallest absolute Gasteiger partial charge is 0.254 e. The summed E-state index contributed by atoms with van der Waals surface area (Å²) in [4.78, 5) is 14.8. The predicted molar refractivity (Wildman–Crippen MR) is 86.6 cm³/mol. The number of likely N-dealkylation sites (tertiary alicyclic amines) is 1. The van der Waals surface area contributed by atoms with Crippen LogP contribution < -0.4 is 0 Å². The van der Waals surface area contributed by atoms with Crippen LogP contribution in [0.15, 0.2) is 29.2 Å². The average molecular weight is 374 g/mol. The van der Waals surface area contributed by atoms with E-state index in [1.54, 1.807) is 12.1 Å². The Balaban J connectivity index is 2.30. The Kier molecular flexibility index (Phi) is 5.43. The van der Waals surface area contributed by atoms with Crippen LogP contribution in [0.1, 0.15) is 36.0 Å². The van der Waals surface area contributed by atoms with Crippen LogP contribution in [0.3, 0.4) is 0 Å². The summed E-state index contributed by atoms with van der Waals surface area (Å²) in [7, 11) is -3.30. The van der Waals surface area contributed by atoms with Crippen molar-refractivity contribution in [2.75, 3.05) is 18.1 Å². The topological polar surface area (TPSA) is 54.5 Å². The molecule has 0 aromatic heterocycles. The van der Waals surface area contributed by atoms with Crippen molar-refractivity contribution < 1.29 is 13.2 Å². The molecular formula is C15H20BrNO3S. The van der Waals surface area contributed by atoms with E-state index in [-0.39, 0.29) is 16.8 Å². The van der Waals surface area contributed by atoms with Gasteiger partial charge >= 0.3 is 0 Å². The number of rotatable bonds is 3. The van der Waals surface area contributed by atoms with Crippen molar-refractivity contribution in [3.63, 3.8) is 0 Å². The van der Waals surface area contributed by atoms with Crippen molar-refractivity contribution in [1.82, 2.24) is 4.90 Å². The van der Waals surface area contributed by atoms with Gasteiger partial charge in [-0.3, -0.25) is 4.79 Å². The first kappa shape index (κ1) is 16.5. The molecule has 1 amide bonds. The first-order chi connectivity index (χ1) is 9.93. The molecule has 0 radical (unpaired) electrons. The molecule has 4 nitrogen and oxygen atoms in total. The molecule has 1 aromatic rings. The summed E-state index contributed by atoms with van der Waals surface area (Å²) in [6.45, 7) is 0.734. The fourth-order valence-corrected chi connectivity index (χ4v) is 3.97. The van der Waals surface area contributed by atoms with Crippen molar-refractivity contribution >= 4 is 31.7 Å². The lowest BCUT2D eigenvalue weighted by atomic mass is 10.1. The average Bonchev–Trinajstić information content (AvgIpc) is 2.70. The van der Waals surface area contributed by atoms with Gasteiger partial charge in [-0.25, -0.2) is 8.42 Å².